The average molecular weight is 232 g/mol. The van der Waals surface area contributed by atoms with Crippen molar-refractivity contribution in [3.05, 3.63) is 29.3 Å². The van der Waals surface area contributed by atoms with Gasteiger partial charge in [-0.25, -0.2) is 0 Å². The Balaban J connectivity index is 1.75. The molecule has 1 fully saturated rings. The van der Waals surface area contributed by atoms with Crippen LogP contribution in [0.15, 0.2) is 18.2 Å². The zero-order valence-corrected chi connectivity index (χ0v) is 10.6. The topological polar surface area (TPSA) is 24.5 Å². The van der Waals surface area contributed by atoms with Gasteiger partial charge in [-0.3, -0.25) is 4.90 Å². The first kappa shape index (κ1) is 11.1. The minimum atomic E-state index is 0.00982. The van der Waals surface area contributed by atoms with Crippen molar-refractivity contribution in [1.82, 2.24) is 10.2 Å². The third-order valence-electron chi connectivity index (χ3n) is 3.64. The average Bonchev–Trinajstić information content (AvgIpc) is 2.27. The molecule has 2 heterocycles. The fourth-order valence-corrected chi connectivity index (χ4v) is 2.96. The Morgan fingerprint density at radius 1 is 1.29 bits per heavy atom. The predicted octanol–water partition coefficient (Wildman–Crippen LogP) is 1.42. The molecule has 2 aliphatic rings. The summed E-state index contributed by atoms with van der Waals surface area (Å²) in [6, 6.07) is 6.53. The third kappa shape index (κ3) is 2.17. The summed E-state index contributed by atoms with van der Waals surface area (Å²) in [6.45, 7) is 6.30. The molecule has 0 aromatic heterocycles. The summed E-state index contributed by atoms with van der Waals surface area (Å²) in [5.74, 6) is 1.03. The lowest BCUT2D eigenvalue weighted by Gasteiger charge is -2.45. The molecule has 3 heteroatoms. The van der Waals surface area contributed by atoms with Crippen LogP contribution in [-0.2, 0) is 13.0 Å². The second kappa shape index (κ2) is 4.00. The lowest BCUT2D eigenvalue weighted by Crippen LogP contribution is -2.61. The summed E-state index contributed by atoms with van der Waals surface area (Å²) in [7, 11) is 2.13. The van der Waals surface area contributed by atoms with E-state index in [1.807, 2.05) is 0 Å². The standard InChI is InChI=1S/C14H20N2O/c1-14(9-16(2)10-14)17-13-4-3-12-8-15-6-5-11(12)7-13/h3-4,7,15H,5-6,8-10H2,1-2H3. The first-order valence-electron chi connectivity index (χ1n) is 6.35. The van der Waals surface area contributed by atoms with Crippen molar-refractivity contribution in [1.29, 1.82) is 0 Å². The molecular formula is C14H20N2O. The van der Waals surface area contributed by atoms with Crippen LogP contribution in [0.5, 0.6) is 5.75 Å². The Morgan fingerprint density at radius 2 is 2.12 bits per heavy atom. The normalized spacial score (nSPS) is 22.7. The molecule has 1 aromatic rings. The number of likely N-dealkylation sites (N-methyl/N-ethyl adjacent to an activating group) is 1. The first-order valence-corrected chi connectivity index (χ1v) is 6.35. The minimum absolute atomic E-state index is 0.00982. The molecule has 0 atom stereocenters. The van der Waals surface area contributed by atoms with Crippen LogP contribution < -0.4 is 10.1 Å². The number of benzene rings is 1. The minimum Gasteiger partial charge on any atom is -0.485 e. The van der Waals surface area contributed by atoms with Crippen molar-refractivity contribution in [2.45, 2.75) is 25.5 Å². The van der Waals surface area contributed by atoms with Gasteiger partial charge in [-0.15, -0.1) is 0 Å². The number of nitrogens with one attached hydrogen (secondary N) is 1. The fourth-order valence-electron chi connectivity index (χ4n) is 2.96. The molecule has 0 saturated carbocycles. The quantitative estimate of drug-likeness (QED) is 0.834. The largest absolute Gasteiger partial charge is 0.485 e. The smallest absolute Gasteiger partial charge is 0.131 e. The van der Waals surface area contributed by atoms with E-state index >= 15 is 0 Å². The summed E-state index contributed by atoms with van der Waals surface area (Å²) >= 11 is 0. The molecule has 0 spiro atoms. The summed E-state index contributed by atoms with van der Waals surface area (Å²) in [5.41, 5.74) is 2.87. The Bertz CT molecular complexity index is 424. The maximum atomic E-state index is 6.11. The van der Waals surface area contributed by atoms with Gasteiger partial charge in [0, 0.05) is 19.6 Å². The van der Waals surface area contributed by atoms with E-state index in [1.165, 1.54) is 11.1 Å². The molecule has 0 amide bonds. The van der Waals surface area contributed by atoms with E-state index in [2.05, 4.69) is 42.4 Å². The molecule has 2 aliphatic heterocycles. The molecule has 1 N–H and O–H groups in total. The van der Waals surface area contributed by atoms with Crippen LogP contribution in [-0.4, -0.2) is 37.2 Å². The van der Waals surface area contributed by atoms with Crippen molar-refractivity contribution < 1.29 is 4.74 Å². The van der Waals surface area contributed by atoms with Gasteiger partial charge in [0.1, 0.15) is 11.4 Å². The highest BCUT2D eigenvalue weighted by molar-refractivity contribution is 5.37. The second-order valence-electron chi connectivity index (χ2n) is 5.58. The van der Waals surface area contributed by atoms with Gasteiger partial charge in [-0.1, -0.05) is 6.07 Å². The van der Waals surface area contributed by atoms with E-state index in [1.54, 1.807) is 0 Å². The monoisotopic (exact) mass is 232 g/mol. The van der Waals surface area contributed by atoms with Crippen LogP contribution >= 0.6 is 0 Å². The third-order valence-corrected chi connectivity index (χ3v) is 3.64. The number of nitrogens with zero attached hydrogens (tertiary/aromatic N) is 1. The summed E-state index contributed by atoms with van der Waals surface area (Å²) < 4.78 is 6.11. The van der Waals surface area contributed by atoms with Crippen LogP contribution in [0.4, 0.5) is 0 Å². The summed E-state index contributed by atoms with van der Waals surface area (Å²) in [4.78, 5) is 2.28. The SMILES string of the molecule is CN1CC(C)(Oc2ccc3c(c2)CCNC3)C1. The highest BCUT2D eigenvalue weighted by atomic mass is 16.5. The number of fused-ring (bicyclic) bond motifs is 1. The van der Waals surface area contributed by atoms with E-state index in [-0.39, 0.29) is 5.60 Å². The molecule has 0 unspecified atom stereocenters. The van der Waals surface area contributed by atoms with Crippen molar-refractivity contribution in [2.24, 2.45) is 0 Å². The van der Waals surface area contributed by atoms with Gasteiger partial charge in [0.05, 0.1) is 0 Å². The first-order chi connectivity index (χ1) is 8.15. The molecule has 3 rings (SSSR count). The number of hydrogen-bond donors (Lipinski definition) is 1. The molecule has 3 nitrogen and oxygen atoms in total. The molecular weight excluding hydrogens is 212 g/mol. The number of rotatable bonds is 2. The van der Waals surface area contributed by atoms with Crippen LogP contribution in [0.3, 0.4) is 0 Å². The zero-order chi connectivity index (χ0) is 11.9. The summed E-state index contributed by atoms with van der Waals surface area (Å²) in [5, 5.41) is 3.39. The Hall–Kier alpha value is -1.06. The van der Waals surface area contributed by atoms with Gasteiger partial charge in [-0.05, 0) is 50.2 Å². The number of ether oxygens (including phenoxy) is 1. The number of likely N-dealkylation sites (tertiary alicyclic amines) is 1. The molecule has 0 radical (unpaired) electrons. The van der Waals surface area contributed by atoms with Crippen LogP contribution in [0.25, 0.3) is 0 Å². The van der Waals surface area contributed by atoms with Crippen molar-refractivity contribution in [3.8, 4) is 5.75 Å². The molecule has 1 saturated heterocycles. The van der Waals surface area contributed by atoms with Crippen molar-refractivity contribution >= 4 is 0 Å². The maximum absolute atomic E-state index is 6.11. The Kier molecular flexibility index (Phi) is 2.60. The molecule has 92 valence electrons. The van der Waals surface area contributed by atoms with Gasteiger partial charge in [0.2, 0.25) is 0 Å². The van der Waals surface area contributed by atoms with E-state index in [0.717, 1.165) is 38.3 Å². The van der Waals surface area contributed by atoms with Crippen LogP contribution in [0.2, 0.25) is 0 Å². The predicted molar refractivity (Wildman–Crippen MR) is 68.4 cm³/mol. The maximum Gasteiger partial charge on any atom is 0.131 e. The Labute approximate surface area is 103 Å². The van der Waals surface area contributed by atoms with E-state index in [4.69, 9.17) is 4.74 Å². The van der Waals surface area contributed by atoms with Crippen molar-refractivity contribution in [2.75, 3.05) is 26.7 Å². The lowest BCUT2D eigenvalue weighted by atomic mass is 9.96. The summed E-state index contributed by atoms with van der Waals surface area (Å²) in [6.07, 6.45) is 1.11. The van der Waals surface area contributed by atoms with Crippen LogP contribution in [0, 0.1) is 0 Å². The molecule has 1 aromatic carbocycles. The van der Waals surface area contributed by atoms with Crippen LogP contribution in [0.1, 0.15) is 18.1 Å². The van der Waals surface area contributed by atoms with Gasteiger partial charge in [0.15, 0.2) is 0 Å². The zero-order valence-electron chi connectivity index (χ0n) is 10.6. The number of hydrogen-bond acceptors (Lipinski definition) is 3. The molecule has 0 aliphatic carbocycles. The highest BCUT2D eigenvalue weighted by Gasteiger charge is 2.38. The van der Waals surface area contributed by atoms with Gasteiger partial charge in [0.25, 0.3) is 0 Å². The van der Waals surface area contributed by atoms with Gasteiger partial charge in [-0.2, -0.15) is 0 Å². The van der Waals surface area contributed by atoms with Crippen molar-refractivity contribution in [3.63, 3.8) is 0 Å². The highest BCUT2D eigenvalue weighted by Crippen LogP contribution is 2.28. The second-order valence-corrected chi connectivity index (χ2v) is 5.58. The van der Waals surface area contributed by atoms with Gasteiger partial charge < -0.3 is 10.1 Å². The molecule has 17 heavy (non-hydrogen) atoms. The van der Waals surface area contributed by atoms with Gasteiger partial charge >= 0.3 is 0 Å². The Morgan fingerprint density at radius 3 is 2.88 bits per heavy atom. The van der Waals surface area contributed by atoms with E-state index in [0.29, 0.717) is 0 Å². The molecule has 0 bridgehead atoms. The van der Waals surface area contributed by atoms with E-state index < -0.39 is 0 Å². The lowest BCUT2D eigenvalue weighted by molar-refractivity contribution is -0.0496. The van der Waals surface area contributed by atoms with E-state index in [9.17, 15) is 0 Å². The fraction of sp³-hybridized carbons (Fsp3) is 0.571.